The van der Waals surface area contributed by atoms with Crippen molar-refractivity contribution in [2.75, 3.05) is 5.88 Å². The van der Waals surface area contributed by atoms with Gasteiger partial charge in [-0.3, -0.25) is 0 Å². The standard InChI is InChI=1S/C28H58Cl2Si/c1-31(2,30)28-26-24-22-20-18-16-14-12-10-8-6-4-3-5-7-9-11-13-15-17-19-21-23-25-27-29/h3-28H2,1-2H3. The van der Waals surface area contributed by atoms with Gasteiger partial charge in [0.1, 0.15) is 7.38 Å². The molecule has 0 radical (unpaired) electrons. The smallest absolute Gasteiger partial charge is 0.150 e. The van der Waals surface area contributed by atoms with Crippen LogP contribution in [0.3, 0.4) is 0 Å². The van der Waals surface area contributed by atoms with Crippen LogP contribution in [-0.2, 0) is 0 Å². The fraction of sp³-hybridized carbons (Fsp3) is 1.00. The number of rotatable bonds is 26. The third-order valence-electron chi connectivity index (χ3n) is 6.65. The SMILES string of the molecule is C[Si](C)(Cl)CCCCCCCCCCCCCCCCCCCCCCCCCCCl. The van der Waals surface area contributed by atoms with Crippen molar-refractivity contribution < 1.29 is 0 Å². The van der Waals surface area contributed by atoms with Gasteiger partial charge in [-0.1, -0.05) is 161 Å². The van der Waals surface area contributed by atoms with E-state index in [2.05, 4.69) is 13.1 Å². The quantitative estimate of drug-likeness (QED) is 0.0486. The minimum absolute atomic E-state index is 0.844. The normalized spacial score (nSPS) is 12.0. The van der Waals surface area contributed by atoms with Crippen LogP contribution in [-0.4, -0.2) is 13.3 Å². The van der Waals surface area contributed by atoms with Crippen molar-refractivity contribution in [3.63, 3.8) is 0 Å². The van der Waals surface area contributed by atoms with Crippen LogP contribution in [0.1, 0.15) is 154 Å². The molecule has 0 aromatic carbocycles. The van der Waals surface area contributed by atoms with Gasteiger partial charge in [-0.25, -0.2) is 0 Å². The lowest BCUT2D eigenvalue weighted by molar-refractivity contribution is 0.518. The van der Waals surface area contributed by atoms with Crippen LogP contribution < -0.4 is 0 Å². The average molecular weight is 494 g/mol. The Morgan fingerprint density at radius 2 is 0.548 bits per heavy atom. The molecule has 0 aromatic rings. The lowest BCUT2D eigenvalue weighted by atomic mass is 10.0. The van der Waals surface area contributed by atoms with Crippen LogP contribution in [0.25, 0.3) is 0 Å². The largest absolute Gasteiger partial charge is 0.168 e. The first kappa shape index (κ1) is 31.8. The number of hydrogen-bond donors (Lipinski definition) is 0. The lowest BCUT2D eigenvalue weighted by Gasteiger charge is -2.11. The number of hydrogen-bond acceptors (Lipinski definition) is 0. The van der Waals surface area contributed by atoms with Gasteiger partial charge in [-0.15, -0.1) is 11.6 Å². The van der Waals surface area contributed by atoms with E-state index in [0.717, 1.165) is 5.88 Å². The summed E-state index contributed by atoms with van der Waals surface area (Å²) in [4.78, 5) is 0. The van der Waals surface area contributed by atoms with Crippen molar-refractivity contribution >= 4 is 30.1 Å². The summed E-state index contributed by atoms with van der Waals surface area (Å²) >= 11 is 12.1. The van der Waals surface area contributed by atoms with Crippen molar-refractivity contribution in [2.45, 2.75) is 173 Å². The van der Waals surface area contributed by atoms with E-state index in [1.165, 1.54) is 160 Å². The van der Waals surface area contributed by atoms with Crippen molar-refractivity contribution in [3.05, 3.63) is 0 Å². The van der Waals surface area contributed by atoms with E-state index >= 15 is 0 Å². The van der Waals surface area contributed by atoms with Crippen LogP contribution in [0.5, 0.6) is 0 Å². The maximum atomic E-state index is 6.37. The fourth-order valence-corrected chi connectivity index (χ4v) is 6.21. The molecule has 0 atom stereocenters. The molecule has 0 rings (SSSR count). The number of alkyl halides is 1. The molecule has 0 spiro atoms. The first-order valence-corrected chi connectivity index (χ1v) is 19.1. The van der Waals surface area contributed by atoms with Gasteiger partial charge in [0.25, 0.3) is 0 Å². The zero-order valence-corrected chi connectivity index (χ0v) is 24.2. The Morgan fingerprint density at radius 3 is 0.742 bits per heavy atom. The summed E-state index contributed by atoms with van der Waals surface area (Å²) in [7, 11) is -1.31. The predicted octanol–water partition coefficient (Wildman–Crippen LogP) is 12.0. The molecule has 0 aromatic heterocycles. The Kier molecular flexibility index (Phi) is 26.1. The molecule has 0 unspecified atom stereocenters. The summed E-state index contributed by atoms with van der Waals surface area (Å²) in [5.41, 5.74) is 0. The van der Waals surface area contributed by atoms with E-state index in [1.807, 2.05) is 0 Å². The summed E-state index contributed by atoms with van der Waals surface area (Å²) in [6, 6.07) is 1.30. The third-order valence-corrected chi connectivity index (χ3v) is 9.03. The van der Waals surface area contributed by atoms with E-state index in [4.69, 9.17) is 22.7 Å². The maximum Gasteiger partial charge on any atom is 0.150 e. The second-order valence-electron chi connectivity index (χ2n) is 10.6. The van der Waals surface area contributed by atoms with Crippen LogP contribution >= 0.6 is 22.7 Å². The Balaban J connectivity index is 3.02. The Labute approximate surface area is 208 Å². The summed E-state index contributed by atoms with van der Waals surface area (Å²) in [5, 5.41) is 0. The zero-order chi connectivity index (χ0) is 22.9. The number of unbranched alkanes of at least 4 members (excludes halogenated alkanes) is 23. The van der Waals surface area contributed by atoms with Gasteiger partial charge in [-0.05, 0) is 12.5 Å². The molecule has 188 valence electrons. The molecule has 0 nitrogen and oxygen atoms in total. The number of halogens is 2. The molecule has 0 heterocycles. The minimum atomic E-state index is -1.31. The van der Waals surface area contributed by atoms with Gasteiger partial charge in [-0.2, -0.15) is 11.1 Å². The molecule has 0 fully saturated rings. The molecule has 3 heteroatoms. The van der Waals surface area contributed by atoms with Crippen LogP contribution in [0.2, 0.25) is 19.1 Å². The first-order valence-electron chi connectivity index (χ1n) is 14.3. The molecule has 0 aliphatic rings. The van der Waals surface area contributed by atoms with Gasteiger partial charge in [0.2, 0.25) is 0 Å². The van der Waals surface area contributed by atoms with Crippen LogP contribution in [0.15, 0.2) is 0 Å². The topological polar surface area (TPSA) is 0 Å². The Hall–Kier alpha value is 0.797. The van der Waals surface area contributed by atoms with Gasteiger partial charge < -0.3 is 0 Å². The molecule has 0 saturated carbocycles. The fourth-order valence-electron chi connectivity index (χ4n) is 4.53. The summed E-state index contributed by atoms with van der Waals surface area (Å²) < 4.78 is 0. The van der Waals surface area contributed by atoms with E-state index in [0.29, 0.717) is 0 Å². The highest BCUT2D eigenvalue weighted by atomic mass is 35.6. The predicted molar refractivity (Wildman–Crippen MR) is 150 cm³/mol. The molecule has 0 aliphatic carbocycles. The second kappa shape index (κ2) is 25.4. The summed E-state index contributed by atoms with van der Waals surface area (Å²) in [5.74, 6) is 0.844. The van der Waals surface area contributed by atoms with Crippen LogP contribution in [0, 0.1) is 0 Å². The molecular weight excluding hydrogens is 435 g/mol. The molecule has 31 heavy (non-hydrogen) atoms. The second-order valence-corrected chi connectivity index (χ2v) is 18.0. The van der Waals surface area contributed by atoms with Crippen molar-refractivity contribution in [1.29, 1.82) is 0 Å². The van der Waals surface area contributed by atoms with E-state index in [1.54, 1.807) is 0 Å². The first-order chi connectivity index (χ1) is 15.1. The van der Waals surface area contributed by atoms with Gasteiger partial charge >= 0.3 is 0 Å². The van der Waals surface area contributed by atoms with Crippen LogP contribution in [0.4, 0.5) is 0 Å². The monoisotopic (exact) mass is 492 g/mol. The van der Waals surface area contributed by atoms with Gasteiger partial charge in [0.05, 0.1) is 0 Å². The van der Waals surface area contributed by atoms with E-state index < -0.39 is 7.38 Å². The highest BCUT2D eigenvalue weighted by molar-refractivity contribution is 7.19. The Morgan fingerprint density at radius 1 is 0.355 bits per heavy atom. The average Bonchev–Trinajstić information content (AvgIpc) is 2.73. The van der Waals surface area contributed by atoms with E-state index in [-0.39, 0.29) is 0 Å². The minimum Gasteiger partial charge on any atom is -0.168 e. The molecular formula is C28H58Cl2Si. The third kappa shape index (κ3) is 30.8. The molecule has 0 aliphatic heterocycles. The van der Waals surface area contributed by atoms with Gasteiger partial charge in [0, 0.05) is 5.88 Å². The summed E-state index contributed by atoms with van der Waals surface area (Å²) in [6.07, 6.45) is 34.5. The highest BCUT2D eigenvalue weighted by Gasteiger charge is 2.15. The van der Waals surface area contributed by atoms with E-state index in [9.17, 15) is 0 Å². The summed E-state index contributed by atoms with van der Waals surface area (Å²) in [6.45, 7) is 4.54. The molecule has 0 amide bonds. The molecule has 0 bridgehead atoms. The van der Waals surface area contributed by atoms with Gasteiger partial charge in [0.15, 0.2) is 0 Å². The molecule has 0 saturated heterocycles. The Bertz CT molecular complexity index is 327. The lowest BCUT2D eigenvalue weighted by Crippen LogP contribution is -2.14. The van der Waals surface area contributed by atoms with Crippen molar-refractivity contribution in [3.8, 4) is 0 Å². The molecule has 0 N–H and O–H groups in total. The van der Waals surface area contributed by atoms with Crippen molar-refractivity contribution in [2.24, 2.45) is 0 Å². The zero-order valence-electron chi connectivity index (χ0n) is 21.6. The highest BCUT2D eigenvalue weighted by Crippen LogP contribution is 2.20. The van der Waals surface area contributed by atoms with Crippen molar-refractivity contribution in [1.82, 2.24) is 0 Å². The maximum absolute atomic E-state index is 6.37.